The van der Waals surface area contributed by atoms with E-state index in [-0.39, 0.29) is 25.0 Å². The molecule has 0 aliphatic heterocycles. The number of amides is 2. The molecule has 24 heavy (non-hydrogen) atoms. The van der Waals surface area contributed by atoms with Crippen molar-refractivity contribution in [2.45, 2.75) is 39.4 Å². The molecular formula is C16H21F3N2O3. The zero-order chi connectivity index (χ0) is 18.3. The monoisotopic (exact) mass is 346 g/mol. The fraction of sp³-hybridized carbons (Fsp3) is 0.500. The number of hydrogen-bond donors (Lipinski definition) is 2. The number of carbonyl (C=O) groups excluding carboxylic acids is 2. The van der Waals surface area contributed by atoms with Crippen molar-refractivity contribution in [2.24, 2.45) is 0 Å². The maximum absolute atomic E-state index is 12.1. The Labute approximate surface area is 138 Å². The molecule has 0 aromatic heterocycles. The van der Waals surface area contributed by atoms with Gasteiger partial charge in [0.05, 0.1) is 13.0 Å². The van der Waals surface area contributed by atoms with Crippen molar-refractivity contribution in [1.82, 2.24) is 5.32 Å². The van der Waals surface area contributed by atoms with E-state index in [2.05, 4.69) is 15.4 Å². The predicted octanol–water partition coefficient (Wildman–Crippen LogP) is 3.04. The molecule has 5 nitrogen and oxygen atoms in total. The summed E-state index contributed by atoms with van der Waals surface area (Å²) in [5, 5.41) is 5.29. The Kier molecular flexibility index (Phi) is 7.21. The maximum atomic E-state index is 12.1. The van der Waals surface area contributed by atoms with Crippen molar-refractivity contribution >= 4 is 17.5 Å². The van der Waals surface area contributed by atoms with Crippen LogP contribution in [-0.4, -0.2) is 37.2 Å². The Bertz CT molecular complexity index is 586. The molecule has 8 heteroatoms. The van der Waals surface area contributed by atoms with Gasteiger partial charge in [0.15, 0.2) is 0 Å². The Morgan fingerprint density at radius 3 is 2.50 bits per heavy atom. The smallest absolute Gasteiger partial charge is 0.372 e. The van der Waals surface area contributed by atoms with E-state index >= 15 is 0 Å². The van der Waals surface area contributed by atoms with Gasteiger partial charge in [-0.3, -0.25) is 9.59 Å². The summed E-state index contributed by atoms with van der Waals surface area (Å²) in [6.07, 6.45) is -4.62. The van der Waals surface area contributed by atoms with E-state index in [9.17, 15) is 22.8 Å². The van der Waals surface area contributed by atoms with Crippen LogP contribution in [0.25, 0.3) is 0 Å². The van der Waals surface area contributed by atoms with E-state index in [0.717, 1.165) is 5.56 Å². The fourth-order valence-electron chi connectivity index (χ4n) is 1.86. The van der Waals surface area contributed by atoms with Gasteiger partial charge in [0.1, 0.15) is 6.61 Å². The number of hydrogen-bond acceptors (Lipinski definition) is 3. The summed E-state index contributed by atoms with van der Waals surface area (Å²) in [5.74, 6) is -0.747. The second-order valence-corrected chi connectivity index (χ2v) is 5.62. The Balaban J connectivity index is 2.58. The van der Waals surface area contributed by atoms with Crippen molar-refractivity contribution in [3.8, 4) is 0 Å². The first kappa shape index (κ1) is 20.0. The maximum Gasteiger partial charge on any atom is 0.411 e. The number of carbonyl (C=O) groups is 2. The summed E-state index contributed by atoms with van der Waals surface area (Å²) in [5.41, 5.74) is 1.57. The average molecular weight is 346 g/mol. The van der Waals surface area contributed by atoms with Crippen LogP contribution in [0.4, 0.5) is 18.9 Å². The average Bonchev–Trinajstić information content (AvgIpc) is 2.44. The summed E-state index contributed by atoms with van der Waals surface area (Å²) in [6.45, 7) is 3.72. The van der Waals surface area contributed by atoms with Gasteiger partial charge in [0.25, 0.3) is 5.91 Å². The standard InChI is InChI=1S/C16H21F3N2O3/c1-10(2)20-15(23)13-8-12(5-4-11(13)3)21-14(22)6-7-24-9-16(17,18)19/h4-5,8,10H,6-7,9H2,1-3H3,(H,20,23)(H,21,22). The van der Waals surface area contributed by atoms with Crippen molar-refractivity contribution in [2.75, 3.05) is 18.5 Å². The van der Waals surface area contributed by atoms with E-state index in [1.807, 2.05) is 13.8 Å². The van der Waals surface area contributed by atoms with E-state index < -0.39 is 18.7 Å². The third-order valence-electron chi connectivity index (χ3n) is 2.92. The van der Waals surface area contributed by atoms with Crippen LogP contribution in [0.1, 0.15) is 36.2 Å². The first-order chi connectivity index (χ1) is 11.1. The highest BCUT2D eigenvalue weighted by Crippen LogP contribution is 2.17. The van der Waals surface area contributed by atoms with Crippen LogP contribution >= 0.6 is 0 Å². The van der Waals surface area contributed by atoms with Gasteiger partial charge in [-0.15, -0.1) is 0 Å². The lowest BCUT2D eigenvalue weighted by Gasteiger charge is -2.13. The first-order valence-electron chi connectivity index (χ1n) is 7.44. The van der Waals surface area contributed by atoms with E-state index in [1.54, 1.807) is 19.1 Å². The molecule has 1 aromatic rings. The summed E-state index contributed by atoms with van der Waals surface area (Å²) in [4.78, 5) is 23.8. The molecule has 0 spiro atoms. The predicted molar refractivity (Wildman–Crippen MR) is 83.9 cm³/mol. The van der Waals surface area contributed by atoms with E-state index in [0.29, 0.717) is 11.3 Å². The molecule has 2 amide bonds. The molecule has 1 aromatic carbocycles. The number of halogens is 3. The van der Waals surface area contributed by atoms with Crippen LogP contribution in [0.3, 0.4) is 0 Å². The van der Waals surface area contributed by atoms with Gasteiger partial charge in [0.2, 0.25) is 5.91 Å². The number of nitrogens with one attached hydrogen (secondary N) is 2. The van der Waals surface area contributed by atoms with Gasteiger partial charge in [0, 0.05) is 17.3 Å². The Morgan fingerprint density at radius 2 is 1.92 bits per heavy atom. The molecular weight excluding hydrogens is 325 g/mol. The van der Waals surface area contributed by atoms with Gasteiger partial charge < -0.3 is 15.4 Å². The molecule has 0 unspecified atom stereocenters. The van der Waals surface area contributed by atoms with Gasteiger partial charge in [-0.25, -0.2) is 0 Å². The highest BCUT2D eigenvalue weighted by molar-refractivity contribution is 5.98. The number of alkyl halides is 3. The number of rotatable bonds is 7. The molecule has 0 saturated heterocycles. The van der Waals surface area contributed by atoms with Gasteiger partial charge in [-0.1, -0.05) is 6.07 Å². The van der Waals surface area contributed by atoms with Crippen molar-refractivity contribution < 1.29 is 27.5 Å². The first-order valence-corrected chi connectivity index (χ1v) is 7.44. The molecule has 0 aliphatic rings. The molecule has 1 rings (SSSR count). The van der Waals surface area contributed by atoms with Gasteiger partial charge in [-0.05, 0) is 38.5 Å². The summed E-state index contributed by atoms with van der Waals surface area (Å²) >= 11 is 0. The van der Waals surface area contributed by atoms with Crippen LogP contribution < -0.4 is 10.6 Å². The molecule has 0 aliphatic carbocycles. The number of benzene rings is 1. The molecule has 0 radical (unpaired) electrons. The lowest BCUT2D eigenvalue weighted by molar-refractivity contribution is -0.174. The molecule has 0 saturated carbocycles. The van der Waals surface area contributed by atoms with Crippen LogP contribution in [0, 0.1) is 6.92 Å². The second kappa shape index (κ2) is 8.68. The lowest BCUT2D eigenvalue weighted by atomic mass is 10.1. The van der Waals surface area contributed by atoms with Crippen LogP contribution in [0.5, 0.6) is 0 Å². The second-order valence-electron chi connectivity index (χ2n) is 5.62. The summed E-state index contributed by atoms with van der Waals surface area (Å²) < 4.78 is 40.1. The van der Waals surface area contributed by atoms with Crippen LogP contribution in [-0.2, 0) is 9.53 Å². The summed E-state index contributed by atoms with van der Waals surface area (Å²) in [7, 11) is 0. The third-order valence-corrected chi connectivity index (χ3v) is 2.92. The van der Waals surface area contributed by atoms with Crippen LogP contribution in [0.15, 0.2) is 18.2 Å². The van der Waals surface area contributed by atoms with Gasteiger partial charge >= 0.3 is 6.18 Å². The van der Waals surface area contributed by atoms with Crippen molar-refractivity contribution in [1.29, 1.82) is 0 Å². The van der Waals surface area contributed by atoms with E-state index in [4.69, 9.17) is 0 Å². The summed E-state index contributed by atoms with van der Waals surface area (Å²) in [6, 6.07) is 4.81. The minimum atomic E-state index is -4.41. The lowest BCUT2D eigenvalue weighted by Crippen LogP contribution is -2.30. The zero-order valence-corrected chi connectivity index (χ0v) is 13.8. The molecule has 0 bridgehead atoms. The quantitative estimate of drug-likeness (QED) is 0.746. The molecule has 2 N–H and O–H groups in total. The normalized spacial score (nSPS) is 11.5. The van der Waals surface area contributed by atoms with E-state index in [1.165, 1.54) is 6.07 Å². The molecule has 0 atom stereocenters. The van der Waals surface area contributed by atoms with Crippen molar-refractivity contribution in [3.05, 3.63) is 29.3 Å². The Hall–Kier alpha value is -2.09. The zero-order valence-electron chi connectivity index (χ0n) is 13.8. The topological polar surface area (TPSA) is 67.4 Å². The molecule has 0 fully saturated rings. The minimum absolute atomic E-state index is 0.0269. The van der Waals surface area contributed by atoms with Crippen molar-refractivity contribution in [3.63, 3.8) is 0 Å². The highest BCUT2D eigenvalue weighted by atomic mass is 19.4. The SMILES string of the molecule is Cc1ccc(NC(=O)CCOCC(F)(F)F)cc1C(=O)NC(C)C. The van der Waals surface area contributed by atoms with Gasteiger partial charge in [-0.2, -0.15) is 13.2 Å². The molecule has 0 heterocycles. The molecule has 134 valence electrons. The Morgan fingerprint density at radius 1 is 1.25 bits per heavy atom. The third kappa shape index (κ3) is 7.45. The fourth-order valence-corrected chi connectivity index (χ4v) is 1.86. The minimum Gasteiger partial charge on any atom is -0.372 e. The number of aryl methyl sites for hydroxylation is 1. The largest absolute Gasteiger partial charge is 0.411 e. The number of ether oxygens (including phenoxy) is 1. The van der Waals surface area contributed by atoms with Crippen LogP contribution in [0.2, 0.25) is 0 Å². The number of anilines is 1. The highest BCUT2D eigenvalue weighted by Gasteiger charge is 2.27.